The minimum Gasteiger partial charge on any atom is -0.441 e. The lowest BCUT2D eigenvalue weighted by atomic mass is 10.2. The van der Waals surface area contributed by atoms with E-state index >= 15 is 0 Å². The van der Waals surface area contributed by atoms with Crippen LogP contribution in [0.25, 0.3) is 6.08 Å². The Morgan fingerprint density at radius 1 is 1.24 bits per heavy atom. The van der Waals surface area contributed by atoms with Gasteiger partial charge in [-0.3, -0.25) is 4.79 Å². The Labute approximate surface area is 146 Å². The van der Waals surface area contributed by atoms with Crippen molar-refractivity contribution in [3.63, 3.8) is 0 Å². The molecule has 2 heterocycles. The molecule has 1 N–H and O–H groups in total. The SMILES string of the molecule is Cc1ccccc1NC(=O)/C(C#N)=C\c1ccc(N2CCOCC2)o1. The highest BCUT2D eigenvalue weighted by Gasteiger charge is 2.16. The maximum Gasteiger partial charge on any atom is 0.266 e. The number of rotatable bonds is 4. The van der Waals surface area contributed by atoms with Crippen molar-refractivity contribution < 1.29 is 13.9 Å². The Morgan fingerprint density at radius 3 is 2.72 bits per heavy atom. The molecule has 1 aliphatic heterocycles. The number of ether oxygens (including phenoxy) is 1. The van der Waals surface area contributed by atoms with Gasteiger partial charge in [-0.15, -0.1) is 0 Å². The zero-order chi connectivity index (χ0) is 17.6. The van der Waals surface area contributed by atoms with Gasteiger partial charge in [0.2, 0.25) is 0 Å². The molecule has 1 aliphatic rings. The lowest BCUT2D eigenvalue weighted by molar-refractivity contribution is -0.112. The molecule has 0 radical (unpaired) electrons. The van der Waals surface area contributed by atoms with E-state index in [0.717, 1.165) is 18.7 Å². The van der Waals surface area contributed by atoms with Crippen LogP contribution in [0.15, 0.2) is 46.4 Å². The number of para-hydroxylation sites is 1. The third-order valence-electron chi connectivity index (χ3n) is 3.98. The molecular formula is C19H19N3O3. The van der Waals surface area contributed by atoms with Gasteiger partial charge in [-0.05, 0) is 24.6 Å². The highest BCUT2D eigenvalue weighted by atomic mass is 16.5. The second-order valence-corrected chi connectivity index (χ2v) is 5.71. The van der Waals surface area contributed by atoms with Crippen molar-refractivity contribution in [1.82, 2.24) is 0 Å². The zero-order valence-electron chi connectivity index (χ0n) is 14.0. The second-order valence-electron chi connectivity index (χ2n) is 5.71. The monoisotopic (exact) mass is 337 g/mol. The van der Waals surface area contributed by atoms with Gasteiger partial charge in [0, 0.05) is 30.9 Å². The Hall–Kier alpha value is -3.04. The number of furan rings is 1. The maximum absolute atomic E-state index is 12.3. The molecule has 3 rings (SSSR count). The average Bonchev–Trinajstić information content (AvgIpc) is 3.11. The number of hydrogen-bond donors (Lipinski definition) is 1. The van der Waals surface area contributed by atoms with Gasteiger partial charge in [0.25, 0.3) is 5.91 Å². The third-order valence-corrected chi connectivity index (χ3v) is 3.98. The van der Waals surface area contributed by atoms with E-state index in [-0.39, 0.29) is 5.57 Å². The van der Waals surface area contributed by atoms with E-state index in [1.165, 1.54) is 6.08 Å². The van der Waals surface area contributed by atoms with Gasteiger partial charge in [0.15, 0.2) is 5.88 Å². The molecule has 0 spiro atoms. The molecular weight excluding hydrogens is 318 g/mol. The molecule has 0 atom stereocenters. The molecule has 1 aromatic heterocycles. The zero-order valence-corrected chi connectivity index (χ0v) is 14.0. The summed E-state index contributed by atoms with van der Waals surface area (Å²) in [7, 11) is 0. The van der Waals surface area contributed by atoms with Crippen molar-refractivity contribution in [3.8, 4) is 6.07 Å². The minimum atomic E-state index is -0.457. The summed E-state index contributed by atoms with van der Waals surface area (Å²) in [6, 6.07) is 12.9. The number of nitrogens with zero attached hydrogens (tertiary/aromatic N) is 2. The van der Waals surface area contributed by atoms with Crippen molar-refractivity contribution in [2.45, 2.75) is 6.92 Å². The molecule has 6 nitrogen and oxygen atoms in total. The van der Waals surface area contributed by atoms with E-state index in [9.17, 15) is 10.1 Å². The summed E-state index contributed by atoms with van der Waals surface area (Å²) in [5.74, 6) is 0.727. The summed E-state index contributed by atoms with van der Waals surface area (Å²) in [4.78, 5) is 14.4. The second kappa shape index (κ2) is 7.69. The van der Waals surface area contributed by atoms with Gasteiger partial charge in [-0.25, -0.2) is 0 Å². The fourth-order valence-electron chi connectivity index (χ4n) is 2.57. The molecule has 0 unspecified atom stereocenters. The maximum atomic E-state index is 12.3. The quantitative estimate of drug-likeness (QED) is 0.685. The number of carbonyl (C=O) groups excluding carboxylic acids is 1. The van der Waals surface area contributed by atoms with Crippen molar-refractivity contribution in [1.29, 1.82) is 5.26 Å². The summed E-state index contributed by atoms with van der Waals surface area (Å²) < 4.78 is 11.1. The first-order valence-corrected chi connectivity index (χ1v) is 8.08. The van der Waals surface area contributed by atoms with Crippen LogP contribution in [0.4, 0.5) is 11.6 Å². The van der Waals surface area contributed by atoms with Crippen molar-refractivity contribution in [2.75, 3.05) is 36.5 Å². The van der Waals surface area contributed by atoms with Gasteiger partial charge in [-0.1, -0.05) is 18.2 Å². The normalized spacial score (nSPS) is 14.9. The van der Waals surface area contributed by atoms with Gasteiger partial charge in [0.05, 0.1) is 13.2 Å². The van der Waals surface area contributed by atoms with Crippen molar-refractivity contribution in [3.05, 3.63) is 53.3 Å². The minimum absolute atomic E-state index is 0.00821. The standard InChI is InChI=1S/C19H19N3O3/c1-14-4-2-3-5-17(14)21-19(23)15(13-20)12-16-6-7-18(25-16)22-8-10-24-11-9-22/h2-7,12H,8-11H2,1H3,(H,21,23)/b15-12-. The van der Waals surface area contributed by atoms with Crippen molar-refractivity contribution >= 4 is 23.6 Å². The van der Waals surface area contributed by atoms with Crippen LogP contribution < -0.4 is 10.2 Å². The molecule has 25 heavy (non-hydrogen) atoms. The number of aryl methyl sites for hydroxylation is 1. The number of benzene rings is 1. The predicted octanol–water partition coefficient (Wildman–Crippen LogP) is 2.97. The molecule has 2 aromatic rings. The number of nitrogens with one attached hydrogen (secondary N) is 1. The fourth-order valence-corrected chi connectivity index (χ4v) is 2.57. The highest BCUT2D eigenvalue weighted by Crippen LogP contribution is 2.22. The van der Waals surface area contributed by atoms with Crippen LogP contribution in [-0.2, 0) is 9.53 Å². The summed E-state index contributed by atoms with van der Waals surface area (Å²) in [6.07, 6.45) is 1.46. The highest BCUT2D eigenvalue weighted by molar-refractivity contribution is 6.09. The molecule has 0 aliphatic carbocycles. The Kier molecular flexibility index (Phi) is 5.17. The summed E-state index contributed by atoms with van der Waals surface area (Å²) in [5.41, 5.74) is 1.61. The van der Waals surface area contributed by atoms with E-state index < -0.39 is 5.91 Å². The molecule has 6 heteroatoms. The van der Waals surface area contributed by atoms with Crippen LogP contribution in [0.2, 0.25) is 0 Å². The van der Waals surface area contributed by atoms with E-state index in [2.05, 4.69) is 10.2 Å². The molecule has 0 saturated carbocycles. The molecule has 128 valence electrons. The number of hydrogen-bond acceptors (Lipinski definition) is 5. The summed E-state index contributed by atoms with van der Waals surface area (Å²) in [6.45, 7) is 4.74. The molecule has 1 aromatic carbocycles. The van der Waals surface area contributed by atoms with Gasteiger partial charge >= 0.3 is 0 Å². The largest absolute Gasteiger partial charge is 0.441 e. The topological polar surface area (TPSA) is 78.5 Å². The first kappa shape index (κ1) is 16.8. The first-order chi connectivity index (χ1) is 12.2. The van der Waals surface area contributed by atoms with E-state index in [1.807, 2.05) is 37.3 Å². The number of anilines is 2. The van der Waals surface area contributed by atoms with Crippen LogP contribution >= 0.6 is 0 Å². The molecule has 0 bridgehead atoms. The van der Waals surface area contributed by atoms with Crippen LogP contribution in [0.1, 0.15) is 11.3 Å². The predicted molar refractivity (Wildman–Crippen MR) is 95.1 cm³/mol. The van der Waals surface area contributed by atoms with Gasteiger partial charge in [-0.2, -0.15) is 5.26 Å². The van der Waals surface area contributed by atoms with E-state index in [0.29, 0.717) is 30.5 Å². The number of morpholine rings is 1. The summed E-state index contributed by atoms with van der Waals surface area (Å²) in [5, 5.41) is 12.1. The fraction of sp³-hybridized carbons (Fsp3) is 0.263. The van der Waals surface area contributed by atoms with Gasteiger partial charge < -0.3 is 19.4 Å². The third kappa shape index (κ3) is 4.08. The molecule has 1 amide bonds. The number of amides is 1. The van der Waals surface area contributed by atoms with Crippen LogP contribution in [-0.4, -0.2) is 32.2 Å². The number of carbonyl (C=O) groups is 1. The lowest BCUT2D eigenvalue weighted by Gasteiger charge is -2.26. The Morgan fingerprint density at radius 2 is 2.00 bits per heavy atom. The van der Waals surface area contributed by atoms with Crippen molar-refractivity contribution in [2.24, 2.45) is 0 Å². The molecule has 1 saturated heterocycles. The summed E-state index contributed by atoms with van der Waals surface area (Å²) >= 11 is 0. The number of nitriles is 1. The van der Waals surface area contributed by atoms with Gasteiger partial charge in [0.1, 0.15) is 17.4 Å². The van der Waals surface area contributed by atoms with E-state index in [1.54, 1.807) is 12.1 Å². The lowest BCUT2D eigenvalue weighted by Crippen LogP contribution is -2.35. The van der Waals surface area contributed by atoms with E-state index in [4.69, 9.17) is 9.15 Å². The van der Waals surface area contributed by atoms with Crippen LogP contribution in [0.5, 0.6) is 0 Å². The smallest absolute Gasteiger partial charge is 0.266 e. The average molecular weight is 337 g/mol. The Balaban J connectivity index is 1.74. The molecule has 1 fully saturated rings. The Bertz CT molecular complexity index is 826. The first-order valence-electron chi connectivity index (χ1n) is 8.08. The van der Waals surface area contributed by atoms with Crippen LogP contribution in [0, 0.1) is 18.3 Å². The van der Waals surface area contributed by atoms with Crippen LogP contribution in [0.3, 0.4) is 0 Å².